The Labute approximate surface area is 60.9 Å². The second kappa shape index (κ2) is 3.32. The second-order valence-electron chi connectivity index (χ2n) is 2.73. The van der Waals surface area contributed by atoms with Gasteiger partial charge in [-0.25, -0.2) is 0 Å². The van der Waals surface area contributed by atoms with Gasteiger partial charge in [-0.2, -0.15) is 0 Å². The fourth-order valence-electron chi connectivity index (χ4n) is 0.563. The van der Waals surface area contributed by atoms with Crippen molar-refractivity contribution in [2.45, 2.75) is 32.2 Å². The van der Waals surface area contributed by atoms with Crippen molar-refractivity contribution >= 4 is 0 Å². The van der Waals surface area contributed by atoms with Crippen LogP contribution in [-0.2, 0) is 9.47 Å². The molecular weight excluding hydrogens is 132 g/mol. The molecule has 1 N–H and O–H groups in total. The molecule has 0 spiro atoms. The van der Waals surface area contributed by atoms with E-state index in [0.717, 1.165) is 6.61 Å². The van der Waals surface area contributed by atoms with Crippen LogP contribution in [0.25, 0.3) is 0 Å². The van der Waals surface area contributed by atoms with E-state index in [2.05, 4.69) is 0 Å². The Kier molecular flexibility index (Phi) is 2.65. The molecule has 3 nitrogen and oxygen atoms in total. The molecule has 0 aromatic carbocycles. The van der Waals surface area contributed by atoms with Crippen molar-refractivity contribution in [3.63, 3.8) is 0 Å². The van der Waals surface area contributed by atoms with Crippen LogP contribution in [0.4, 0.5) is 0 Å². The third-order valence-corrected chi connectivity index (χ3v) is 1.63. The fourth-order valence-corrected chi connectivity index (χ4v) is 0.563. The average Bonchev–Trinajstić information content (AvgIpc) is 2.64. The van der Waals surface area contributed by atoms with Gasteiger partial charge < -0.3 is 14.6 Å². The Morgan fingerprint density at radius 2 is 2.30 bits per heavy atom. The summed E-state index contributed by atoms with van der Waals surface area (Å²) >= 11 is 0. The zero-order valence-corrected chi connectivity index (χ0v) is 6.41. The van der Waals surface area contributed by atoms with Crippen LogP contribution < -0.4 is 0 Å². The summed E-state index contributed by atoms with van der Waals surface area (Å²) < 4.78 is 10.2. The van der Waals surface area contributed by atoms with E-state index in [-0.39, 0.29) is 6.10 Å². The zero-order valence-electron chi connectivity index (χ0n) is 6.41. The van der Waals surface area contributed by atoms with Crippen LogP contribution in [0.5, 0.6) is 0 Å². The van der Waals surface area contributed by atoms with Gasteiger partial charge in [0.05, 0.1) is 25.4 Å². The monoisotopic (exact) mass is 146 g/mol. The Morgan fingerprint density at radius 3 is 2.70 bits per heavy atom. The van der Waals surface area contributed by atoms with Crippen molar-refractivity contribution in [2.24, 2.45) is 0 Å². The first-order valence-electron chi connectivity index (χ1n) is 3.61. The van der Waals surface area contributed by atoms with E-state index in [1.165, 1.54) is 0 Å². The summed E-state index contributed by atoms with van der Waals surface area (Å²) in [5.41, 5.74) is 0. The lowest BCUT2D eigenvalue weighted by Gasteiger charge is -2.14. The van der Waals surface area contributed by atoms with Crippen LogP contribution in [0.2, 0.25) is 0 Å². The molecule has 0 aromatic heterocycles. The molecule has 1 aliphatic heterocycles. The van der Waals surface area contributed by atoms with E-state index < -0.39 is 6.10 Å². The molecule has 0 aliphatic carbocycles. The lowest BCUT2D eigenvalue weighted by atomic mass is 10.2. The lowest BCUT2D eigenvalue weighted by Crippen LogP contribution is -2.24. The number of ether oxygens (including phenoxy) is 2. The van der Waals surface area contributed by atoms with E-state index in [0.29, 0.717) is 12.7 Å². The highest BCUT2D eigenvalue weighted by Crippen LogP contribution is 2.10. The maximum Gasteiger partial charge on any atom is 0.104 e. The van der Waals surface area contributed by atoms with Gasteiger partial charge >= 0.3 is 0 Å². The van der Waals surface area contributed by atoms with Crippen molar-refractivity contribution < 1.29 is 14.6 Å². The van der Waals surface area contributed by atoms with Gasteiger partial charge in [0.25, 0.3) is 0 Å². The fraction of sp³-hybridized carbons (Fsp3) is 1.00. The molecule has 3 atom stereocenters. The first kappa shape index (κ1) is 7.98. The predicted octanol–water partition coefficient (Wildman–Crippen LogP) is 0.171. The number of rotatable bonds is 4. The minimum absolute atomic E-state index is 0.0794. The molecule has 1 aliphatic rings. The molecule has 3 unspecified atom stereocenters. The van der Waals surface area contributed by atoms with Crippen molar-refractivity contribution in [3.05, 3.63) is 0 Å². The van der Waals surface area contributed by atoms with E-state index in [4.69, 9.17) is 14.6 Å². The summed E-state index contributed by atoms with van der Waals surface area (Å²) in [6.45, 7) is 5.00. The first-order chi connectivity index (χ1) is 4.70. The number of hydrogen-bond donors (Lipinski definition) is 1. The van der Waals surface area contributed by atoms with Gasteiger partial charge in [-0.15, -0.1) is 0 Å². The summed E-state index contributed by atoms with van der Waals surface area (Å²) in [4.78, 5) is 0. The first-order valence-corrected chi connectivity index (χ1v) is 3.61. The quantitative estimate of drug-likeness (QED) is 0.575. The van der Waals surface area contributed by atoms with Gasteiger partial charge in [0.15, 0.2) is 0 Å². The Bertz CT molecular complexity index is 99.0. The molecule has 3 heteroatoms. The summed E-state index contributed by atoms with van der Waals surface area (Å²) in [6.07, 6.45) is -0.177. The van der Waals surface area contributed by atoms with Crippen LogP contribution in [0.1, 0.15) is 13.8 Å². The Hall–Kier alpha value is -0.120. The van der Waals surface area contributed by atoms with Gasteiger partial charge in [-0.1, -0.05) is 0 Å². The maximum absolute atomic E-state index is 8.99. The summed E-state index contributed by atoms with van der Waals surface area (Å²) in [6, 6.07) is 0. The van der Waals surface area contributed by atoms with Crippen LogP contribution >= 0.6 is 0 Å². The van der Waals surface area contributed by atoms with Gasteiger partial charge in [-0.05, 0) is 13.8 Å². The molecule has 1 fully saturated rings. The lowest BCUT2D eigenvalue weighted by molar-refractivity contribution is -0.0231. The van der Waals surface area contributed by atoms with Crippen LogP contribution in [-0.4, -0.2) is 36.6 Å². The highest BCUT2D eigenvalue weighted by atomic mass is 16.6. The van der Waals surface area contributed by atoms with E-state index in [1.807, 2.05) is 6.92 Å². The van der Waals surface area contributed by atoms with Crippen LogP contribution in [0, 0.1) is 0 Å². The molecule has 0 amide bonds. The third kappa shape index (κ3) is 2.64. The Morgan fingerprint density at radius 1 is 1.70 bits per heavy atom. The third-order valence-electron chi connectivity index (χ3n) is 1.63. The molecule has 1 heterocycles. The van der Waals surface area contributed by atoms with Crippen molar-refractivity contribution in [1.29, 1.82) is 0 Å². The smallest absolute Gasteiger partial charge is 0.104 e. The van der Waals surface area contributed by atoms with Crippen molar-refractivity contribution in [2.75, 3.05) is 13.2 Å². The maximum atomic E-state index is 8.99. The predicted molar refractivity (Wildman–Crippen MR) is 36.8 cm³/mol. The minimum Gasteiger partial charge on any atom is -0.391 e. The second-order valence-corrected chi connectivity index (χ2v) is 2.73. The highest BCUT2D eigenvalue weighted by Gasteiger charge is 2.24. The Balaban J connectivity index is 1.99. The molecule has 0 bridgehead atoms. The normalized spacial score (nSPS) is 29.7. The molecular formula is C7H14O3. The number of aliphatic hydroxyl groups is 1. The highest BCUT2D eigenvalue weighted by molar-refractivity contribution is 4.69. The van der Waals surface area contributed by atoms with E-state index >= 15 is 0 Å². The molecule has 1 rings (SSSR count). The molecule has 60 valence electrons. The van der Waals surface area contributed by atoms with Crippen LogP contribution in [0.3, 0.4) is 0 Å². The number of aliphatic hydroxyl groups excluding tert-OH is 1. The van der Waals surface area contributed by atoms with Crippen LogP contribution in [0.15, 0.2) is 0 Å². The minimum atomic E-state index is -0.390. The largest absolute Gasteiger partial charge is 0.391 e. The topological polar surface area (TPSA) is 42.0 Å². The zero-order chi connectivity index (χ0) is 7.56. The van der Waals surface area contributed by atoms with Crippen molar-refractivity contribution in [1.82, 2.24) is 0 Å². The van der Waals surface area contributed by atoms with Gasteiger partial charge in [0.2, 0.25) is 0 Å². The van der Waals surface area contributed by atoms with Gasteiger partial charge in [0.1, 0.15) is 6.10 Å². The molecule has 1 saturated heterocycles. The molecule has 10 heavy (non-hydrogen) atoms. The SMILES string of the molecule is CC(O)C(C)OCC1CO1. The number of epoxide rings is 1. The van der Waals surface area contributed by atoms with E-state index in [1.54, 1.807) is 6.92 Å². The average molecular weight is 146 g/mol. The standard InChI is InChI=1S/C7H14O3/c1-5(8)6(2)9-3-7-4-10-7/h5-8H,3-4H2,1-2H3. The van der Waals surface area contributed by atoms with Gasteiger partial charge in [-0.3, -0.25) is 0 Å². The van der Waals surface area contributed by atoms with Crippen molar-refractivity contribution in [3.8, 4) is 0 Å². The molecule has 0 aromatic rings. The number of hydrogen-bond acceptors (Lipinski definition) is 3. The summed E-state index contributed by atoms with van der Waals surface area (Å²) in [7, 11) is 0. The summed E-state index contributed by atoms with van der Waals surface area (Å²) in [5.74, 6) is 0. The summed E-state index contributed by atoms with van der Waals surface area (Å²) in [5, 5.41) is 8.99. The van der Waals surface area contributed by atoms with Gasteiger partial charge in [0, 0.05) is 0 Å². The molecule has 0 saturated carbocycles. The van der Waals surface area contributed by atoms with E-state index in [9.17, 15) is 0 Å². The molecule has 0 radical (unpaired) electrons.